The van der Waals surface area contributed by atoms with Crippen molar-refractivity contribution in [1.29, 1.82) is 0 Å². The lowest BCUT2D eigenvalue weighted by molar-refractivity contribution is -0.120. The van der Waals surface area contributed by atoms with E-state index in [2.05, 4.69) is 20.4 Å². The quantitative estimate of drug-likeness (QED) is 0.871. The fraction of sp³-hybridized carbons (Fsp3) is 0.455. The van der Waals surface area contributed by atoms with Crippen LogP contribution in [0.5, 0.6) is 0 Å². The Morgan fingerprint density at radius 2 is 2.39 bits per heavy atom. The van der Waals surface area contributed by atoms with Crippen LogP contribution in [0.3, 0.4) is 0 Å². The van der Waals surface area contributed by atoms with E-state index in [0.29, 0.717) is 10.9 Å². The van der Waals surface area contributed by atoms with Gasteiger partial charge in [-0.15, -0.1) is 5.10 Å². The predicted molar refractivity (Wildman–Crippen MR) is 67.3 cm³/mol. The molecule has 0 aromatic carbocycles. The molecule has 1 N–H and O–H groups in total. The van der Waals surface area contributed by atoms with E-state index in [1.165, 1.54) is 11.8 Å². The molecule has 1 unspecified atom stereocenters. The summed E-state index contributed by atoms with van der Waals surface area (Å²) in [5, 5.41) is 7.72. The number of thioether (sulfide) groups is 1. The van der Waals surface area contributed by atoms with Crippen LogP contribution in [0.1, 0.15) is 19.3 Å². The molecule has 1 aliphatic heterocycles. The maximum Gasteiger partial charge on any atom is 0.253 e. The molecule has 2 aromatic rings. The van der Waals surface area contributed by atoms with Gasteiger partial charge in [-0.2, -0.15) is 4.98 Å². The van der Waals surface area contributed by atoms with E-state index in [9.17, 15) is 4.79 Å². The summed E-state index contributed by atoms with van der Waals surface area (Å²) in [7, 11) is 0. The maximum atomic E-state index is 11.8. The van der Waals surface area contributed by atoms with Crippen LogP contribution in [-0.4, -0.2) is 37.3 Å². The van der Waals surface area contributed by atoms with Gasteiger partial charge in [0, 0.05) is 18.9 Å². The van der Waals surface area contributed by atoms with Gasteiger partial charge in [0.25, 0.3) is 5.78 Å². The Bertz CT molecular complexity index is 536. The standard InChI is InChI=1S/C11H13N5OS/c17-9-8(4-1-2-5-12-9)18-11-14-10-13-6-3-7-16(10)15-11/h3,6-8H,1-2,4-5H2,(H,12,17). The highest BCUT2D eigenvalue weighted by molar-refractivity contribution is 8.00. The van der Waals surface area contributed by atoms with Crippen LogP contribution in [0.25, 0.3) is 5.78 Å². The molecule has 3 rings (SSSR count). The minimum atomic E-state index is -0.0927. The molecule has 0 radical (unpaired) electrons. The monoisotopic (exact) mass is 263 g/mol. The van der Waals surface area contributed by atoms with Crippen molar-refractivity contribution >= 4 is 23.4 Å². The molecule has 18 heavy (non-hydrogen) atoms. The molecular weight excluding hydrogens is 250 g/mol. The molecule has 0 spiro atoms. The summed E-state index contributed by atoms with van der Waals surface area (Å²) >= 11 is 1.42. The molecule has 7 heteroatoms. The molecule has 3 heterocycles. The summed E-state index contributed by atoms with van der Waals surface area (Å²) in [5.41, 5.74) is 0. The van der Waals surface area contributed by atoms with Gasteiger partial charge in [0.15, 0.2) is 0 Å². The molecular formula is C11H13N5OS. The second-order valence-corrected chi connectivity index (χ2v) is 5.32. The van der Waals surface area contributed by atoms with Crippen molar-refractivity contribution in [2.24, 2.45) is 0 Å². The van der Waals surface area contributed by atoms with Gasteiger partial charge in [0.05, 0.1) is 5.25 Å². The van der Waals surface area contributed by atoms with Crippen LogP contribution in [-0.2, 0) is 4.79 Å². The Hall–Kier alpha value is -1.63. The number of carbonyl (C=O) groups is 1. The average molecular weight is 263 g/mol. The van der Waals surface area contributed by atoms with Gasteiger partial charge in [-0.3, -0.25) is 4.79 Å². The molecule has 0 bridgehead atoms. The lowest BCUT2D eigenvalue weighted by atomic mass is 10.2. The van der Waals surface area contributed by atoms with Crippen LogP contribution in [0.15, 0.2) is 23.6 Å². The second-order valence-electron chi connectivity index (χ2n) is 4.15. The van der Waals surface area contributed by atoms with Crippen LogP contribution in [0.2, 0.25) is 0 Å². The number of amides is 1. The first-order chi connectivity index (χ1) is 8.83. The topological polar surface area (TPSA) is 72.2 Å². The zero-order valence-corrected chi connectivity index (χ0v) is 10.6. The number of aromatic nitrogens is 4. The molecule has 1 aliphatic rings. The maximum absolute atomic E-state index is 11.8. The van der Waals surface area contributed by atoms with Crippen molar-refractivity contribution in [2.75, 3.05) is 6.54 Å². The summed E-state index contributed by atoms with van der Waals surface area (Å²) in [6, 6.07) is 1.80. The van der Waals surface area contributed by atoms with E-state index < -0.39 is 0 Å². The predicted octanol–water partition coefficient (Wildman–Crippen LogP) is 0.885. The molecule has 1 atom stereocenters. The zero-order valence-electron chi connectivity index (χ0n) is 9.74. The third kappa shape index (κ3) is 2.31. The van der Waals surface area contributed by atoms with E-state index in [4.69, 9.17) is 0 Å². The molecule has 1 amide bonds. The molecule has 94 valence electrons. The van der Waals surface area contributed by atoms with E-state index in [1.54, 1.807) is 23.0 Å². The number of carbonyl (C=O) groups excluding carboxylic acids is 1. The van der Waals surface area contributed by atoms with Crippen molar-refractivity contribution in [3.05, 3.63) is 18.5 Å². The fourth-order valence-corrected chi connectivity index (χ4v) is 2.91. The minimum Gasteiger partial charge on any atom is -0.355 e. The first-order valence-electron chi connectivity index (χ1n) is 5.95. The third-order valence-electron chi connectivity index (χ3n) is 2.83. The van der Waals surface area contributed by atoms with Gasteiger partial charge < -0.3 is 5.32 Å². The average Bonchev–Trinajstić information content (AvgIpc) is 2.68. The number of rotatable bonds is 2. The highest BCUT2D eigenvalue weighted by atomic mass is 32.2. The minimum absolute atomic E-state index is 0.0873. The number of nitrogens with zero attached hydrogens (tertiary/aromatic N) is 4. The van der Waals surface area contributed by atoms with Gasteiger partial charge >= 0.3 is 0 Å². The van der Waals surface area contributed by atoms with E-state index in [0.717, 1.165) is 25.8 Å². The van der Waals surface area contributed by atoms with Crippen molar-refractivity contribution in [1.82, 2.24) is 24.9 Å². The third-order valence-corrected chi connectivity index (χ3v) is 3.95. The van der Waals surface area contributed by atoms with E-state index >= 15 is 0 Å². The van der Waals surface area contributed by atoms with Crippen LogP contribution in [0, 0.1) is 0 Å². The van der Waals surface area contributed by atoms with Gasteiger partial charge in [0.2, 0.25) is 11.1 Å². The van der Waals surface area contributed by atoms with Crippen LogP contribution >= 0.6 is 11.8 Å². The lowest BCUT2D eigenvalue weighted by Gasteiger charge is -2.09. The SMILES string of the molecule is O=C1NCCCCC1Sc1nc2ncccn2n1. The Balaban J connectivity index is 1.80. The summed E-state index contributed by atoms with van der Waals surface area (Å²) in [6.07, 6.45) is 6.45. The fourth-order valence-electron chi connectivity index (χ4n) is 1.91. The second kappa shape index (κ2) is 4.93. The number of hydrogen-bond donors (Lipinski definition) is 1. The zero-order chi connectivity index (χ0) is 12.4. The smallest absolute Gasteiger partial charge is 0.253 e. The van der Waals surface area contributed by atoms with Crippen molar-refractivity contribution in [3.63, 3.8) is 0 Å². The Kier molecular flexibility index (Phi) is 3.14. The molecule has 6 nitrogen and oxygen atoms in total. The number of hydrogen-bond acceptors (Lipinski definition) is 5. The normalized spacial score (nSPS) is 20.7. The summed E-state index contributed by atoms with van der Waals surface area (Å²) < 4.78 is 1.62. The first kappa shape index (κ1) is 11.5. The number of nitrogens with one attached hydrogen (secondary N) is 1. The molecule has 1 fully saturated rings. The molecule has 0 saturated carbocycles. The summed E-state index contributed by atoms with van der Waals surface area (Å²) in [5.74, 6) is 0.651. The molecule has 0 aliphatic carbocycles. The molecule has 2 aromatic heterocycles. The lowest BCUT2D eigenvalue weighted by Crippen LogP contribution is -2.30. The highest BCUT2D eigenvalue weighted by Crippen LogP contribution is 2.25. The highest BCUT2D eigenvalue weighted by Gasteiger charge is 2.23. The Morgan fingerprint density at radius 3 is 3.28 bits per heavy atom. The van der Waals surface area contributed by atoms with Crippen molar-refractivity contribution < 1.29 is 4.79 Å². The van der Waals surface area contributed by atoms with Gasteiger partial charge in [-0.1, -0.05) is 18.2 Å². The number of fused-ring (bicyclic) bond motifs is 1. The van der Waals surface area contributed by atoms with E-state index in [1.807, 2.05) is 0 Å². The Morgan fingerprint density at radius 1 is 1.44 bits per heavy atom. The van der Waals surface area contributed by atoms with Gasteiger partial charge in [0.1, 0.15) is 0 Å². The summed E-state index contributed by atoms with van der Waals surface area (Å²) in [6.45, 7) is 0.774. The van der Waals surface area contributed by atoms with Crippen LogP contribution < -0.4 is 5.32 Å². The van der Waals surface area contributed by atoms with Crippen LogP contribution in [0.4, 0.5) is 0 Å². The van der Waals surface area contributed by atoms with Crippen molar-refractivity contribution in [2.45, 2.75) is 29.7 Å². The first-order valence-corrected chi connectivity index (χ1v) is 6.83. The van der Waals surface area contributed by atoms with Gasteiger partial charge in [-0.25, -0.2) is 9.50 Å². The summed E-state index contributed by atoms with van der Waals surface area (Å²) in [4.78, 5) is 20.2. The largest absolute Gasteiger partial charge is 0.355 e. The van der Waals surface area contributed by atoms with E-state index in [-0.39, 0.29) is 11.2 Å². The molecule has 1 saturated heterocycles. The van der Waals surface area contributed by atoms with Gasteiger partial charge in [-0.05, 0) is 18.9 Å². The van der Waals surface area contributed by atoms with Crippen molar-refractivity contribution in [3.8, 4) is 0 Å². The Labute approximate surface area is 108 Å².